The number of hydrogen-bond acceptors (Lipinski definition) is 6. The maximum atomic E-state index is 12.6. The number of nitrogens with zero attached hydrogens (tertiary/aromatic N) is 5. The van der Waals surface area contributed by atoms with E-state index in [2.05, 4.69) is 9.88 Å². The first-order valence-corrected chi connectivity index (χ1v) is 10.2. The first-order valence-electron chi connectivity index (χ1n) is 9.39. The standard InChI is InChI=1S/C21H19N5OS/c27-19(15-6-2-1-3-7-15)12-17-9-5-11-25(17)21-24-26-14-18(23-20(26)28-21)16-8-4-10-22-13-16/h1-4,6-8,10,13-14,17H,5,9,11-12H2. The Morgan fingerprint density at radius 1 is 1.18 bits per heavy atom. The second kappa shape index (κ2) is 7.16. The lowest BCUT2D eigenvalue weighted by atomic mass is 10.0. The Labute approximate surface area is 166 Å². The number of aromatic nitrogens is 4. The molecule has 1 saturated heterocycles. The van der Waals surface area contributed by atoms with Gasteiger partial charge >= 0.3 is 0 Å². The third kappa shape index (κ3) is 3.18. The summed E-state index contributed by atoms with van der Waals surface area (Å²) in [6.07, 6.45) is 8.11. The van der Waals surface area contributed by atoms with E-state index in [1.54, 1.807) is 23.7 Å². The molecular weight excluding hydrogens is 370 g/mol. The van der Waals surface area contributed by atoms with Crippen LogP contribution >= 0.6 is 11.3 Å². The summed E-state index contributed by atoms with van der Waals surface area (Å²) in [5.41, 5.74) is 2.63. The van der Waals surface area contributed by atoms with Gasteiger partial charge in [0.05, 0.1) is 11.9 Å². The molecule has 1 atom stereocenters. The molecule has 1 unspecified atom stereocenters. The smallest absolute Gasteiger partial charge is 0.214 e. The van der Waals surface area contributed by atoms with Gasteiger partial charge in [0.2, 0.25) is 10.1 Å². The van der Waals surface area contributed by atoms with Gasteiger partial charge in [-0.25, -0.2) is 9.50 Å². The number of pyridine rings is 1. The second-order valence-corrected chi connectivity index (χ2v) is 7.90. The molecule has 0 amide bonds. The summed E-state index contributed by atoms with van der Waals surface area (Å²) in [6.45, 7) is 0.929. The van der Waals surface area contributed by atoms with Crippen molar-refractivity contribution in [2.75, 3.05) is 11.4 Å². The number of rotatable bonds is 5. The highest BCUT2D eigenvalue weighted by atomic mass is 32.1. The van der Waals surface area contributed by atoms with Crippen LogP contribution in [0.3, 0.4) is 0 Å². The number of fused-ring (bicyclic) bond motifs is 1. The molecule has 140 valence electrons. The van der Waals surface area contributed by atoms with E-state index in [9.17, 15) is 4.79 Å². The number of Topliss-reactive ketones (excluding diaryl/α,β-unsaturated/α-hetero) is 1. The number of carbonyl (C=O) groups is 1. The van der Waals surface area contributed by atoms with E-state index in [-0.39, 0.29) is 11.8 Å². The van der Waals surface area contributed by atoms with Gasteiger partial charge in [0.1, 0.15) is 0 Å². The molecule has 0 aliphatic carbocycles. The first-order chi connectivity index (χ1) is 13.8. The topological polar surface area (TPSA) is 63.4 Å². The summed E-state index contributed by atoms with van der Waals surface area (Å²) in [6, 6.07) is 13.6. The third-order valence-electron chi connectivity index (χ3n) is 5.13. The Kier molecular flexibility index (Phi) is 4.37. The van der Waals surface area contributed by atoms with Crippen molar-refractivity contribution in [3.05, 3.63) is 66.6 Å². The molecular formula is C21H19N5OS. The lowest BCUT2D eigenvalue weighted by molar-refractivity contribution is 0.0974. The molecule has 4 aromatic rings. The molecule has 7 heteroatoms. The number of ketones is 1. The minimum absolute atomic E-state index is 0.192. The number of benzene rings is 1. The quantitative estimate of drug-likeness (QED) is 0.481. The highest BCUT2D eigenvalue weighted by Gasteiger charge is 2.29. The van der Waals surface area contributed by atoms with Crippen LogP contribution in [-0.4, -0.2) is 38.0 Å². The molecule has 1 aliphatic heterocycles. The molecule has 0 bridgehead atoms. The molecule has 6 nitrogen and oxygen atoms in total. The molecule has 1 aromatic carbocycles. The summed E-state index contributed by atoms with van der Waals surface area (Å²) in [5.74, 6) is 0.192. The predicted molar refractivity (Wildman–Crippen MR) is 110 cm³/mol. The zero-order chi connectivity index (χ0) is 18.9. The van der Waals surface area contributed by atoms with Crippen molar-refractivity contribution in [1.82, 2.24) is 19.6 Å². The van der Waals surface area contributed by atoms with Gasteiger partial charge in [-0.2, -0.15) is 0 Å². The van der Waals surface area contributed by atoms with Crippen molar-refractivity contribution in [2.24, 2.45) is 0 Å². The zero-order valence-electron chi connectivity index (χ0n) is 15.2. The number of carbonyl (C=O) groups excluding carboxylic acids is 1. The second-order valence-electron chi connectivity index (χ2n) is 6.96. The van der Waals surface area contributed by atoms with Gasteiger partial charge in [0, 0.05) is 42.5 Å². The molecule has 3 aromatic heterocycles. The minimum Gasteiger partial charge on any atom is -0.343 e. The average molecular weight is 389 g/mol. The largest absolute Gasteiger partial charge is 0.343 e. The van der Waals surface area contributed by atoms with Crippen LogP contribution in [0.15, 0.2) is 61.1 Å². The molecule has 0 radical (unpaired) electrons. The van der Waals surface area contributed by atoms with E-state index in [1.165, 1.54) is 0 Å². The summed E-state index contributed by atoms with van der Waals surface area (Å²) < 4.78 is 1.83. The zero-order valence-corrected chi connectivity index (χ0v) is 16.0. The molecule has 1 aliphatic rings. The molecule has 28 heavy (non-hydrogen) atoms. The van der Waals surface area contributed by atoms with Crippen LogP contribution in [0, 0.1) is 0 Å². The fourth-order valence-electron chi connectivity index (χ4n) is 3.71. The van der Waals surface area contributed by atoms with E-state index in [1.807, 2.05) is 53.2 Å². The SMILES string of the molecule is O=C(CC1CCCN1c1nn2cc(-c3cccnc3)nc2s1)c1ccccc1. The molecule has 0 N–H and O–H groups in total. The van der Waals surface area contributed by atoms with Crippen molar-refractivity contribution < 1.29 is 4.79 Å². The van der Waals surface area contributed by atoms with Gasteiger partial charge in [-0.05, 0) is 25.0 Å². The van der Waals surface area contributed by atoms with E-state index < -0.39 is 0 Å². The van der Waals surface area contributed by atoms with Crippen molar-refractivity contribution in [3.8, 4) is 11.3 Å². The fraction of sp³-hybridized carbons (Fsp3) is 0.238. The van der Waals surface area contributed by atoms with Crippen LogP contribution in [0.4, 0.5) is 5.13 Å². The number of imidazole rings is 1. The summed E-state index contributed by atoms with van der Waals surface area (Å²) in [4.78, 5) is 24.6. The summed E-state index contributed by atoms with van der Waals surface area (Å²) in [7, 11) is 0. The first kappa shape index (κ1) is 17.1. The Morgan fingerprint density at radius 2 is 2.07 bits per heavy atom. The average Bonchev–Trinajstić information content (AvgIpc) is 3.44. The summed E-state index contributed by atoms with van der Waals surface area (Å²) >= 11 is 1.57. The van der Waals surface area contributed by atoms with Crippen LogP contribution in [-0.2, 0) is 0 Å². The molecule has 1 fully saturated rings. The van der Waals surface area contributed by atoms with E-state index in [4.69, 9.17) is 10.1 Å². The van der Waals surface area contributed by atoms with Crippen LogP contribution in [0.2, 0.25) is 0 Å². The van der Waals surface area contributed by atoms with Crippen LogP contribution in [0.5, 0.6) is 0 Å². The maximum absolute atomic E-state index is 12.6. The van der Waals surface area contributed by atoms with Crippen LogP contribution in [0.1, 0.15) is 29.6 Å². The number of anilines is 1. The highest BCUT2D eigenvalue weighted by molar-refractivity contribution is 7.20. The van der Waals surface area contributed by atoms with Gasteiger partial charge < -0.3 is 4.90 Å². The van der Waals surface area contributed by atoms with Crippen molar-refractivity contribution >= 4 is 27.2 Å². The lowest BCUT2D eigenvalue weighted by Gasteiger charge is -2.22. The van der Waals surface area contributed by atoms with Crippen molar-refractivity contribution in [3.63, 3.8) is 0 Å². The monoisotopic (exact) mass is 389 g/mol. The minimum atomic E-state index is 0.192. The third-order valence-corrected chi connectivity index (χ3v) is 6.09. The van der Waals surface area contributed by atoms with E-state index >= 15 is 0 Å². The Hall–Kier alpha value is -3.06. The highest BCUT2D eigenvalue weighted by Crippen LogP contribution is 2.32. The predicted octanol–water partition coefficient (Wildman–Crippen LogP) is 4.09. The van der Waals surface area contributed by atoms with Gasteiger partial charge in [0.15, 0.2) is 5.78 Å². The summed E-state index contributed by atoms with van der Waals surface area (Å²) in [5, 5.41) is 5.67. The van der Waals surface area contributed by atoms with Gasteiger partial charge in [0.25, 0.3) is 0 Å². The Balaban J connectivity index is 1.36. The van der Waals surface area contributed by atoms with Gasteiger partial charge in [-0.1, -0.05) is 41.7 Å². The van der Waals surface area contributed by atoms with Gasteiger partial charge in [-0.15, -0.1) is 5.10 Å². The van der Waals surface area contributed by atoms with Crippen LogP contribution in [0.25, 0.3) is 16.2 Å². The molecule has 5 rings (SSSR count). The number of hydrogen-bond donors (Lipinski definition) is 0. The van der Waals surface area contributed by atoms with Gasteiger partial charge in [-0.3, -0.25) is 9.78 Å². The Morgan fingerprint density at radius 3 is 2.86 bits per heavy atom. The van der Waals surface area contributed by atoms with Crippen molar-refractivity contribution in [2.45, 2.75) is 25.3 Å². The fourth-order valence-corrected chi connectivity index (χ4v) is 4.70. The van der Waals surface area contributed by atoms with E-state index in [0.29, 0.717) is 6.42 Å². The maximum Gasteiger partial charge on any atom is 0.214 e. The lowest BCUT2D eigenvalue weighted by Crippen LogP contribution is -2.31. The Bertz CT molecular complexity index is 1070. The van der Waals surface area contributed by atoms with Crippen LogP contribution < -0.4 is 4.90 Å². The molecule has 4 heterocycles. The van der Waals surface area contributed by atoms with Crippen molar-refractivity contribution in [1.29, 1.82) is 0 Å². The van der Waals surface area contributed by atoms with E-state index in [0.717, 1.165) is 46.3 Å². The normalized spacial score (nSPS) is 16.7. The molecule has 0 saturated carbocycles. The molecule has 0 spiro atoms.